The van der Waals surface area contributed by atoms with Crippen molar-refractivity contribution in [3.8, 4) is 5.75 Å². The van der Waals surface area contributed by atoms with Gasteiger partial charge >= 0.3 is 0 Å². The first-order valence-electron chi connectivity index (χ1n) is 6.98. The number of amides is 1. The molecule has 5 heteroatoms. The number of ether oxygens (including phenoxy) is 1. The largest absolute Gasteiger partial charge is 0.489 e. The van der Waals surface area contributed by atoms with Gasteiger partial charge in [0.25, 0.3) is 0 Å². The third-order valence-electron chi connectivity index (χ3n) is 2.75. The summed E-state index contributed by atoms with van der Waals surface area (Å²) in [4.78, 5) is 13.6. The second-order valence-electron chi connectivity index (χ2n) is 5.09. The average molecular weight is 279 g/mol. The fourth-order valence-electron chi connectivity index (χ4n) is 1.74. The van der Waals surface area contributed by atoms with Crippen LogP contribution in [0.3, 0.4) is 0 Å². The molecular formula is C15H25N3O2. The number of nitrogens with zero attached hydrogens (tertiary/aromatic N) is 1. The first-order valence-corrected chi connectivity index (χ1v) is 6.98. The van der Waals surface area contributed by atoms with Gasteiger partial charge in [0.1, 0.15) is 5.75 Å². The summed E-state index contributed by atoms with van der Waals surface area (Å²) in [6, 6.07) is 5.55. The molecule has 1 amide bonds. The van der Waals surface area contributed by atoms with Crippen molar-refractivity contribution in [3.05, 3.63) is 18.2 Å². The maximum absolute atomic E-state index is 11.7. The van der Waals surface area contributed by atoms with Crippen LogP contribution < -0.4 is 20.7 Å². The molecule has 0 aliphatic heterocycles. The lowest BCUT2D eigenvalue weighted by Crippen LogP contribution is -2.35. The predicted octanol–water partition coefficient (Wildman–Crippen LogP) is 2.02. The van der Waals surface area contributed by atoms with Crippen molar-refractivity contribution in [1.29, 1.82) is 0 Å². The molecule has 112 valence electrons. The average Bonchev–Trinajstić information content (AvgIpc) is 2.38. The Labute approximate surface area is 121 Å². The lowest BCUT2D eigenvalue weighted by atomic mass is 10.2. The summed E-state index contributed by atoms with van der Waals surface area (Å²) in [5, 5.41) is 2.85. The number of hydrogen-bond donors (Lipinski definition) is 2. The van der Waals surface area contributed by atoms with Gasteiger partial charge in [-0.3, -0.25) is 4.79 Å². The molecule has 0 atom stereocenters. The molecule has 5 nitrogen and oxygen atoms in total. The molecule has 1 rings (SSSR count). The van der Waals surface area contributed by atoms with Crippen molar-refractivity contribution in [2.75, 3.05) is 30.8 Å². The van der Waals surface area contributed by atoms with Gasteiger partial charge in [-0.1, -0.05) is 6.92 Å². The van der Waals surface area contributed by atoms with Crippen LogP contribution in [0.5, 0.6) is 5.75 Å². The Morgan fingerprint density at radius 3 is 2.75 bits per heavy atom. The van der Waals surface area contributed by atoms with Crippen LogP contribution in [0.15, 0.2) is 18.2 Å². The topological polar surface area (TPSA) is 67.6 Å². The zero-order valence-corrected chi connectivity index (χ0v) is 12.8. The summed E-state index contributed by atoms with van der Waals surface area (Å²) in [5.74, 6) is 0.663. The molecule has 0 fully saturated rings. The fourth-order valence-corrected chi connectivity index (χ4v) is 1.74. The standard InChI is InChI=1S/C15H25N3O2/c1-5-8-17-15(19)10-18(4)12-6-7-13(16)14(9-12)20-11(2)3/h6-7,9,11H,5,8,10,16H2,1-4H3,(H,17,19). The van der Waals surface area contributed by atoms with E-state index in [0.29, 0.717) is 24.5 Å². The first kappa shape index (κ1) is 16.1. The van der Waals surface area contributed by atoms with Gasteiger partial charge in [-0.05, 0) is 32.4 Å². The minimum absolute atomic E-state index is 0.0116. The zero-order valence-electron chi connectivity index (χ0n) is 12.8. The van der Waals surface area contributed by atoms with E-state index in [1.807, 2.05) is 44.9 Å². The summed E-state index contributed by atoms with van der Waals surface area (Å²) >= 11 is 0. The van der Waals surface area contributed by atoms with E-state index in [9.17, 15) is 4.79 Å². The van der Waals surface area contributed by atoms with Gasteiger partial charge in [0.2, 0.25) is 5.91 Å². The third kappa shape index (κ3) is 4.99. The van der Waals surface area contributed by atoms with Crippen LogP contribution in [-0.4, -0.2) is 32.1 Å². The lowest BCUT2D eigenvalue weighted by Gasteiger charge is -2.21. The normalized spacial score (nSPS) is 10.4. The number of carbonyl (C=O) groups excluding carboxylic acids is 1. The van der Waals surface area contributed by atoms with Crippen molar-refractivity contribution in [3.63, 3.8) is 0 Å². The fraction of sp³-hybridized carbons (Fsp3) is 0.533. The Balaban J connectivity index is 2.72. The minimum atomic E-state index is 0.0116. The van der Waals surface area contributed by atoms with E-state index in [1.165, 1.54) is 0 Å². The number of benzene rings is 1. The van der Waals surface area contributed by atoms with E-state index >= 15 is 0 Å². The van der Waals surface area contributed by atoms with Gasteiger partial charge in [-0.25, -0.2) is 0 Å². The lowest BCUT2D eigenvalue weighted by molar-refractivity contribution is -0.119. The quantitative estimate of drug-likeness (QED) is 0.749. The van der Waals surface area contributed by atoms with E-state index in [2.05, 4.69) is 5.32 Å². The molecule has 0 saturated carbocycles. The van der Waals surface area contributed by atoms with E-state index in [0.717, 1.165) is 12.1 Å². The first-order chi connectivity index (χ1) is 9.43. The van der Waals surface area contributed by atoms with E-state index in [1.54, 1.807) is 6.07 Å². The number of nitrogen functional groups attached to an aromatic ring is 1. The Kier molecular flexibility index (Phi) is 6.15. The van der Waals surface area contributed by atoms with Gasteiger partial charge in [0, 0.05) is 25.3 Å². The molecule has 20 heavy (non-hydrogen) atoms. The highest BCUT2D eigenvalue weighted by Crippen LogP contribution is 2.28. The molecular weight excluding hydrogens is 254 g/mol. The molecule has 0 spiro atoms. The molecule has 3 N–H and O–H groups in total. The van der Waals surface area contributed by atoms with E-state index < -0.39 is 0 Å². The molecule has 0 aromatic heterocycles. The van der Waals surface area contributed by atoms with Crippen molar-refractivity contribution in [1.82, 2.24) is 5.32 Å². The molecule has 0 saturated heterocycles. The van der Waals surface area contributed by atoms with Crippen molar-refractivity contribution < 1.29 is 9.53 Å². The van der Waals surface area contributed by atoms with Crippen LogP contribution in [0.4, 0.5) is 11.4 Å². The molecule has 0 bridgehead atoms. The molecule has 1 aromatic carbocycles. The second-order valence-corrected chi connectivity index (χ2v) is 5.09. The van der Waals surface area contributed by atoms with E-state index in [-0.39, 0.29) is 12.0 Å². The van der Waals surface area contributed by atoms with Crippen LogP contribution in [0.25, 0.3) is 0 Å². The molecule has 0 aliphatic rings. The van der Waals surface area contributed by atoms with Crippen molar-refractivity contribution in [2.24, 2.45) is 0 Å². The van der Waals surface area contributed by atoms with E-state index in [4.69, 9.17) is 10.5 Å². The maximum Gasteiger partial charge on any atom is 0.239 e. The monoisotopic (exact) mass is 279 g/mol. The van der Waals surface area contributed by atoms with Crippen LogP contribution in [0.1, 0.15) is 27.2 Å². The van der Waals surface area contributed by atoms with Crippen LogP contribution in [0, 0.1) is 0 Å². The molecule has 0 radical (unpaired) electrons. The Morgan fingerprint density at radius 2 is 2.15 bits per heavy atom. The molecule has 0 heterocycles. The highest BCUT2D eigenvalue weighted by molar-refractivity contribution is 5.81. The highest BCUT2D eigenvalue weighted by atomic mass is 16.5. The SMILES string of the molecule is CCCNC(=O)CN(C)c1ccc(N)c(OC(C)C)c1. The Morgan fingerprint density at radius 1 is 1.45 bits per heavy atom. The number of likely N-dealkylation sites (N-methyl/N-ethyl adjacent to an activating group) is 1. The Bertz CT molecular complexity index is 447. The van der Waals surface area contributed by atoms with Crippen LogP contribution >= 0.6 is 0 Å². The van der Waals surface area contributed by atoms with Gasteiger partial charge in [-0.15, -0.1) is 0 Å². The molecule has 0 aliphatic carbocycles. The maximum atomic E-state index is 11.7. The second kappa shape index (κ2) is 7.62. The minimum Gasteiger partial charge on any atom is -0.489 e. The number of anilines is 2. The summed E-state index contributed by atoms with van der Waals surface area (Å²) < 4.78 is 5.65. The summed E-state index contributed by atoms with van der Waals surface area (Å²) in [6.07, 6.45) is 0.995. The molecule has 0 unspecified atom stereocenters. The van der Waals surface area contributed by atoms with Gasteiger partial charge < -0.3 is 20.7 Å². The highest BCUT2D eigenvalue weighted by Gasteiger charge is 2.10. The Hall–Kier alpha value is -1.91. The van der Waals surface area contributed by atoms with Crippen molar-refractivity contribution >= 4 is 17.3 Å². The predicted molar refractivity (Wildman–Crippen MR) is 83.2 cm³/mol. The zero-order chi connectivity index (χ0) is 15.1. The number of carbonyl (C=O) groups is 1. The smallest absolute Gasteiger partial charge is 0.239 e. The summed E-state index contributed by atoms with van der Waals surface area (Å²) in [5.41, 5.74) is 7.39. The summed E-state index contributed by atoms with van der Waals surface area (Å²) in [7, 11) is 1.87. The number of nitrogens with one attached hydrogen (secondary N) is 1. The van der Waals surface area contributed by atoms with Gasteiger partial charge in [0.05, 0.1) is 18.3 Å². The van der Waals surface area contributed by atoms with Crippen LogP contribution in [0.2, 0.25) is 0 Å². The van der Waals surface area contributed by atoms with Crippen LogP contribution in [-0.2, 0) is 4.79 Å². The number of nitrogens with two attached hydrogens (primary N) is 1. The van der Waals surface area contributed by atoms with Gasteiger partial charge in [0.15, 0.2) is 0 Å². The number of hydrogen-bond acceptors (Lipinski definition) is 4. The van der Waals surface area contributed by atoms with Gasteiger partial charge in [-0.2, -0.15) is 0 Å². The molecule has 1 aromatic rings. The third-order valence-corrected chi connectivity index (χ3v) is 2.75. The van der Waals surface area contributed by atoms with Crippen molar-refractivity contribution in [2.45, 2.75) is 33.3 Å². The number of rotatable bonds is 7. The summed E-state index contributed by atoms with van der Waals surface area (Å²) in [6.45, 7) is 6.95.